The predicted octanol–water partition coefficient (Wildman–Crippen LogP) is 0.265. The van der Waals surface area contributed by atoms with Crippen molar-refractivity contribution in [1.29, 1.82) is 0 Å². The molecule has 1 aromatic heterocycles. The molecule has 2 rings (SSSR count). The average Bonchev–Trinajstić information content (AvgIpc) is 2.39. The van der Waals surface area contributed by atoms with Gasteiger partial charge in [0.2, 0.25) is 0 Å². The molecule has 0 aliphatic carbocycles. The van der Waals surface area contributed by atoms with Crippen molar-refractivity contribution in [2.45, 2.75) is 0 Å². The second kappa shape index (κ2) is 6.03. The van der Waals surface area contributed by atoms with Crippen LogP contribution in [0.4, 0.5) is 4.39 Å². The Hall–Kier alpha value is -1.60. The molecule has 7 heteroatoms. The van der Waals surface area contributed by atoms with Crippen molar-refractivity contribution in [1.82, 2.24) is 14.8 Å². The number of amides is 1. The summed E-state index contributed by atoms with van der Waals surface area (Å²) in [5.41, 5.74) is 5.55. The smallest absolute Gasteiger partial charge is 0.257 e. The molecular weight excluding hydrogens is 267 g/mol. The van der Waals surface area contributed by atoms with E-state index in [9.17, 15) is 9.18 Å². The zero-order chi connectivity index (χ0) is 13.8. The molecular formula is C12H15FN4OS. The van der Waals surface area contributed by atoms with Gasteiger partial charge in [0.15, 0.2) is 5.82 Å². The summed E-state index contributed by atoms with van der Waals surface area (Å²) in [6.45, 7) is 3.03. The van der Waals surface area contributed by atoms with E-state index in [1.54, 1.807) is 4.90 Å². The molecule has 0 spiro atoms. The van der Waals surface area contributed by atoms with Gasteiger partial charge in [-0.15, -0.1) is 0 Å². The summed E-state index contributed by atoms with van der Waals surface area (Å²) in [6.07, 6.45) is 2.47. The maximum absolute atomic E-state index is 13.5. The molecule has 5 nitrogen and oxygen atoms in total. The predicted molar refractivity (Wildman–Crippen MR) is 73.3 cm³/mol. The van der Waals surface area contributed by atoms with E-state index in [0.29, 0.717) is 37.7 Å². The lowest BCUT2D eigenvalue weighted by atomic mass is 10.2. The summed E-state index contributed by atoms with van der Waals surface area (Å²) >= 11 is 4.85. The molecule has 0 atom stereocenters. The second-order valence-electron chi connectivity index (χ2n) is 4.39. The van der Waals surface area contributed by atoms with Crippen LogP contribution in [0.1, 0.15) is 10.4 Å². The van der Waals surface area contributed by atoms with Crippen LogP contribution in [0.5, 0.6) is 0 Å². The quantitative estimate of drug-likeness (QED) is 0.806. The van der Waals surface area contributed by atoms with Gasteiger partial charge in [0.25, 0.3) is 5.91 Å². The summed E-state index contributed by atoms with van der Waals surface area (Å²) in [4.78, 5) is 19.9. The Labute approximate surface area is 116 Å². The van der Waals surface area contributed by atoms with E-state index in [0.717, 1.165) is 6.20 Å². The number of thiocarbonyl (C=S) groups is 1. The van der Waals surface area contributed by atoms with E-state index in [4.69, 9.17) is 18.0 Å². The molecule has 0 saturated carbocycles. The number of halogens is 1. The van der Waals surface area contributed by atoms with Crippen molar-refractivity contribution < 1.29 is 9.18 Å². The van der Waals surface area contributed by atoms with Gasteiger partial charge < -0.3 is 10.6 Å². The maximum atomic E-state index is 13.5. The van der Waals surface area contributed by atoms with Gasteiger partial charge in [-0.1, -0.05) is 12.2 Å². The normalized spacial score (nSPS) is 16.4. The van der Waals surface area contributed by atoms with Crippen molar-refractivity contribution in [2.24, 2.45) is 5.73 Å². The maximum Gasteiger partial charge on any atom is 0.257 e. The van der Waals surface area contributed by atoms with E-state index < -0.39 is 5.82 Å². The lowest BCUT2D eigenvalue weighted by Gasteiger charge is -2.34. The van der Waals surface area contributed by atoms with Crippen LogP contribution in [0, 0.1) is 5.82 Å². The Morgan fingerprint density at radius 1 is 1.42 bits per heavy atom. The van der Waals surface area contributed by atoms with Crippen LogP contribution in [0.2, 0.25) is 0 Å². The number of carbonyl (C=O) groups excluding carboxylic acids is 1. The van der Waals surface area contributed by atoms with Gasteiger partial charge in [0, 0.05) is 38.9 Å². The molecule has 19 heavy (non-hydrogen) atoms. The molecule has 1 aromatic rings. The highest BCUT2D eigenvalue weighted by Gasteiger charge is 2.23. The zero-order valence-electron chi connectivity index (χ0n) is 10.4. The molecule has 0 radical (unpaired) electrons. The topological polar surface area (TPSA) is 62.5 Å². The molecule has 1 saturated heterocycles. The van der Waals surface area contributed by atoms with Crippen LogP contribution >= 0.6 is 12.2 Å². The highest BCUT2D eigenvalue weighted by molar-refractivity contribution is 7.80. The van der Waals surface area contributed by atoms with Crippen LogP contribution < -0.4 is 5.73 Å². The number of nitrogens with two attached hydrogens (primary N) is 1. The van der Waals surface area contributed by atoms with Crippen LogP contribution in [-0.2, 0) is 0 Å². The minimum Gasteiger partial charge on any atom is -0.392 e. The van der Waals surface area contributed by atoms with Crippen molar-refractivity contribution in [3.05, 3.63) is 29.8 Å². The third-order valence-electron chi connectivity index (χ3n) is 3.04. The Morgan fingerprint density at radius 3 is 2.68 bits per heavy atom. The third-order valence-corrected chi connectivity index (χ3v) is 3.17. The third kappa shape index (κ3) is 3.45. The number of nitrogens with zero attached hydrogens (tertiary/aromatic N) is 3. The van der Waals surface area contributed by atoms with Gasteiger partial charge in [-0.25, -0.2) is 4.39 Å². The fourth-order valence-corrected chi connectivity index (χ4v) is 2.23. The summed E-state index contributed by atoms with van der Waals surface area (Å²) in [5.74, 6) is -0.882. The molecule has 1 amide bonds. The Kier molecular flexibility index (Phi) is 4.39. The Morgan fingerprint density at radius 2 is 2.11 bits per heavy atom. The van der Waals surface area contributed by atoms with Gasteiger partial charge in [-0.05, 0) is 6.07 Å². The summed E-state index contributed by atoms with van der Waals surface area (Å²) in [7, 11) is 0. The lowest BCUT2D eigenvalue weighted by Crippen LogP contribution is -2.50. The number of pyridine rings is 1. The molecule has 0 unspecified atom stereocenters. The standard InChI is InChI=1S/C12H15FN4OS/c13-10-7-15-2-1-9(10)12(18)17-5-3-16(4-6-17)8-11(14)19/h1-2,7H,3-6,8H2,(H2,14,19). The van der Waals surface area contributed by atoms with Crippen molar-refractivity contribution in [3.8, 4) is 0 Å². The van der Waals surface area contributed by atoms with Crippen LogP contribution in [0.25, 0.3) is 0 Å². The molecule has 1 aliphatic heterocycles. The molecule has 102 valence electrons. The van der Waals surface area contributed by atoms with E-state index in [1.807, 2.05) is 0 Å². The monoisotopic (exact) mass is 282 g/mol. The largest absolute Gasteiger partial charge is 0.392 e. The fraction of sp³-hybridized carbons (Fsp3) is 0.417. The highest BCUT2D eigenvalue weighted by Crippen LogP contribution is 2.11. The first-order valence-corrected chi connectivity index (χ1v) is 6.38. The van der Waals surface area contributed by atoms with Gasteiger partial charge in [-0.3, -0.25) is 14.7 Å². The first-order chi connectivity index (χ1) is 9.08. The summed E-state index contributed by atoms with van der Waals surface area (Å²) < 4.78 is 13.5. The number of hydrogen-bond acceptors (Lipinski definition) is 4. The number of hydrogen-bond donors (Lipinski definition) is 1. The first kappa shape index (κ1) is 13.8. The summed E-state index contributed by atoms with van der Waals surface area (Å²) in [6, 6.07) is 1.40. The van der Waals surface area contributed by atoms with Crippen LogP contribution in [0.3, 0.4) is 0 Å². The minimum absolute atomic E-state index is 0.0674. The number of carbonyl (C=O) groups is 1. The number of piperazine rings is 1. The van der Waals surface area contributed by atoms with Crippen LogP contribution in [0.15, 0.2) is 18.5 Å². The fourth-order valence-electron chi connectivity index (χ4n) is 2.05. The zero-order valence-corrected chi connectivity index (χ0v) is 11.2. The number of rotatable bonds is 3. The van der Waals surface area contributed by atoms with Gasteiger partial charge >= 0.3 is 0 Å². The second-order valence-corrected chi connectivity index (χ2v) is 4.91. The molecule has 0 bridgehead atoms. The molecule has 2 N–H and O–H groups in total. The van der Waals surface area contributed by atoms with Crippen molar-refractivity contribution in [3.63, 3.8) is 0 Å². The molecule has 2 heterocycles. The Bertz CT molecular complexity index is 488. The SMILES string of the molecule is NC(=S)CN1CCN(C(=O)c2ccncc2F)CC1. The van der Waals surface area contributed by atoms with E-state index in [1.165, 1.54) is 12.3 Å². The van der Waals surface area contributed by atoms with E-state index >= 15 is 0 Å². The van der Waals surface area contributed by atoms with E-state index in [2.05, 4.69) is 9.88 Å². The van der Waals surface area contributed by atoms with E-state index in [-0.39, 0.29) is 11.5 Å². The number of aromatic nitrogens is 1. The highest BCUT2D eigenvalue weighted by atomic mass is 32.1. The van der Waals surface area contributed by atoms with Crippen molar-refractivity contribution >= 4 is 23.1 Å². The van der Waals surface area contributed by atoms with Gasteiger partial charge in [0.1, 0.15) is 0 Å². The van der Waals surface area contributed by atoms with Crippen molar-refractivity contribution in [2.75, 3.05) is 32.7 Å². The average molecular weight is 282 g/mol. The van der Waals surface area contributed by atoms with Gasteiger partial charge in [-0.2, -0.15) is 0 Å². The minimum atomic E-state index is -0.585. The molecule has 1 fully saturated rings. The molecule has 1 aliphatic rings. The molecule has 0 aromatic carbocycles. The first-order valence-electron chi connectivity index (χ1n) is 5.97. The van der Waals surface area contributed by atoms with Gasteiger partial charge in [0.05, 0.1) is 16.7 Å². The van der Waals surface area contributed by atoms with Crippen LogP contribution in [-0.4, -0.2) is 58.4 Å². The lowest BCUT2D eigenvalue weighted by molar-refractivity contribution is 0.0649. The summed E-state index contributed by atoms with van der Waals surface area (Å²) in [5, 5.41) is 0. The Balaban J connectivity index is 1.96.